The number of benzene rings is 1. The molecule has 0 bridgehead atoms. The Bertz CT molecular complexity index is 509. The van der Waals surface area contributed by atoms with Gasteiger partial charge in [0, 0.05) is 6.42 Å². The van der Waals surface area contributed by atoms with Crippen LogP contribution in [0.2, 0.25) is 0 Å². The predicted molar refractivity (Wildman–Crippen MR) is 98.9 cm³/mol. The maximum absolute atomic E-state index is 11.8. The maximum atomic E-state index is 11.8. The Morgan fingerprint density at radius 2 is 1.65 bits per heavy atom. The van der Waals surface area contributed by atoms with E-state index >= 15 is 0 Å². The highest BCUT2D eigenvalue weighted by atomic mass is 16.2. The largest absolute Gasteiger partial charge is 0.273 e. The van der Waals surface area contributed by atoms with Gasteiger partial charge in [-0.15, -0.1) is 0 Å². The summed E-state index contributed by atoms with van der Waals surface area (Å²) in [5, 5.41) is 4.22. The van der Waals surface area contributed by atoms with Crippen LogP contribution in [0.15, 0.2) is 29.4 Å². The first-order valence-corrected chi connectivity index (χ1v) is 8.78. The molecule has 0 aromatic heterocycles. The Balaban J connectivity index is 2.46. The molecule has 0 heterocycles. The van der Waals surface area contributed by atoms with Crippen molar-refractivity contribution in [2.75, 3.05) is 0 Å². The first-order chi connectivity index (χ1) is 10.8. The average Bonchev–Trinajstić information content (AvgIpc) is 2.51. The number of hydrogen-bond donors (Lipinski definition) is 1. The molecule has 1 amide bonds. The number of amides is 1. The normalized spacial score (nSPS) is 12.3. The van der Waals surface area contributed by atoms with Gasteiger partial charge in [-0.25, -0.2) is 5.43 Å². The molecular weight excluding hydrogens is 284 g/mol. The molecule has 3 nitrogen and oxygen atoms in total. The lowest BCUT2D eigenvalue weighted by Crippen LogP contribution is -2.19. The number of rotatable bonds is 8. The molecule has 0 radical (unpaired) electrons. The molecule has 1 rings (SSSR count). The lowest BCUT2D eigenvalue weighted by molar-refractivity contribution is -0.121. The highest BCUT2D eigenvalue weighted by Gasteiger charge is 2.13. The summed E-state index contributed by atoms with van der Waals surface area (Å²) in [6.45, 7) is 10.7. The molecule has 0 saturated carbocycles. The van der Waals surface area contributed by atoms with Gasteiger partial charge in [0.25, 0.3) is 0 Å². The molecule has 1 aromatic carbocycles. The zero-order valence-electron chi connectivity index (χ0n) is 15.4. The number of hydrogen-bond acceptors (Lipinski definition) is 2. The third-order valence-corrected chi connectivity index (χ3v) is 4.02. The standard InChI is InChI=1S/C20H32N2O/c1-6-7-8-9-10-11-19(23)22-21-16(2)17-12-14-18(15-13-17)20(3,4)5/h12-15H,6-11H2,1-5H3,(H,22,23)/b21-16-. The lowest BCUT2D eigenvalue weighted by atomic mass is 9.86. The quantitative estimate of drug-likeness (QED) is 0.400. The van der Waals surface area contributed by atoms with E-state index in [0.29, 0.717) is 6.42 Å². The van der Waals surface area contributed by atoms with Gasteiger partial charge < -0.3 is 0 Å². The molecule has 23 heavy (non-hydrogen) atoms. The Morgan fingerprint density at radius 1 is 1.04 bits per heavy atom. The van der Waals surface area contributed by atoms with Crippen molar-refractivity contribution in [3.05, 3.63) is 35.4 Å². The summed E-state index contributed by atoms with van der Waals surface area (Å²) in [5.41, 5.74) is 5.99. The highest BCUT2D eigenvalue weighted by molar-refractivity contribution is 5.99. The van der Waals surface area contributed by atoms with Crippen molar-refractivity contribution in [3.63, 3.8) is 0 Å². The fourth-order valence-electron chi connectivity index (χ4n) is 2.37. The van der Waals surface area contributed by atoms with Crippen LogP contribution in [0.25, 0.3) is 0 Å². The molecule has 0 unspecified atom stereocenters. The van der Waals surface area contributed by atoms with Crippen molar-refractivity contribution in [2.45, 2.75) is 78.6 Å². The van der Waals surface area contributed by atoms with E-state index in [9.17, 15) is 4.79 Å². The van der Waals surface area contributed by atoms with E-state index in [-0.39, 0.29) is 11.3 Å². The van der Waals surface area contributed by atoms with Crippen LogP contribution in [-0.4, -0.2) is 11.6 Å². The first kappa shape index (κ1) is 19.4. The van der Waals surface area contributed by atoms with Crippen molar-refractivity contribution >= 4 is 11.6 Å². The summed E-state index contributed by atoms with van der Waals surface area (Å²) < 4.78 is 0. The fourth-order valence-corrected chi connectivity index (χ4v) is 2.37. The number of carbonyl (C=O) groups is 1. The van der Waals surface area contributed by atoms with Gasteiger partial charge in [-0.3, -0.25) is 4.79 Å². The molecule has 128 valence electrons. The van der Waals surface area contributed by atoms with Crippen molar-refractivity contribution in [1.29, 1.82) is 0 Å². The van der Waals surface area contributed by atoms with E-state index in [0.717, 1.165) is 24.1 Å². The highest BCUT2D eigenvalue weighted by Crippen LogP contribution is 2.22. The molecule has 0 fully saturated rings. The van der Waals surface area contributed by atoms with Gasteiger partial charge in [-0.2, -0.15) is 5.10 Å². The molecule has 1 N–H and O–H groups in total. The first-order valence-electron chi connectivity index (χ1n) is 8.78. The molecular formula is C20H32N2O. The maximum Gasteiger partial charge on any atom is 0.240 e. The van der Waals surface area contributed by atoms with Gasteiger partial charge in [0.2, 0.25) is 5.91 Å². The third-order valence-electron chi connectivity index (χ3n) is 4.02. The van der Waals surface area contributed by atoms with E-state index in [1.54, 1.807) is 0 Å². The minimum Gasteiger partial charge on any atom is -0.273 e. The summed E-state index contributed by atoms with van der Waals surface area (Å²) in [6, 6.07) is 8.39. The fraction of sp³-hybridized carbons (Fsp3) is 0.600. The van der Waals surface area contributed by atoms with Crippen molar-refractivity contribution < 1.29 is 4.79 Å². The van der Waals surface area contributed by atoms with Gasteiger partial charge in [-0.05, 0) is 29.9 Å². The Kier molecular flexibility index (Phi) is 8.01. The van der Waals surface area contributed by atoms with Crippen LogP contribution in [0.4, 0.5) is 0 Å². The second-order valence-electron chi connectivity index (χ2n) is 7.22. The smallest absolute Gasteiger partial charge is 0.240 e. The van der Waals surface area contributed by atoms with Crippen LogP contribution in [0.5, 0.6) is 0 Å². The second kappa shape index (κ2) is 9.49. The molecule has 3 heteroatoms. The van der Waals surface area contributed by atoms with Gasteiger partial charge in [0.1, 0.15) is 0 Å². The average molecular weight is 316 g/mol. The second-order valence-corrected chi connectivity index (χ2v) is 7.22. The van der Waals surface area contributed by atoms with Gasteiger partial charge in [-0.1, -0.05) is 77.6 Å². The van der Waals surface area contributed by atoms with Crippen LogP contribution in [0.3, 0.4) is 0 Å². The van der Waals surface area contributed by atoms with Crippen molar-refractivity contribution in [1.82, 2.24) is 5.43 Å². The van der Waals surface area contributed by atoms with E-state index in [4.69, 9.17) is 0 Å². The number of hydrazone groups is 1. The molecule has 1 aromatic rings. The van der Waals surface area contributed by atoms with Crippen LogP contribution in [-0.2, 0) is 10.2 Å². The van der Waals surface area contributed by atoms with Gasteiger partial charge in [0.05, 0.1) is 5.71 Å². The lowest BCUT2D eigenvalue weighted by Gasteiger charge is -2.19. The number of nitrogens with zero attached hydrogens (tertiary/aromatic N) is 1. The molecule has 0 aliphatic carbocycles. The minimum absolute atomic E-state index is 0.00663. The predicted octanol–water partition coefficient (Wildman–Crippen LogP) is 5.18. The SMILES string of the molecule is CCCCCCCC(=O)N/N=C(/C)c1ccc(C(C)(C)C)cc1. The number of carbonyl (C=O) groups excluding carboxylic acids is 1. The zero-order chi connectivity index (χ0) is 17.3. The number of nitrogens with one attached hydrogen (secondary N) is 1. The summed E-state index contributed by atoms with van der Waals surface area (Å²) >= 11 is 0. The van der Waals surface area contributed by atoms with Crippen LogP contribution < -0.4 is 5.43 Å². The molecule has 0 saturated heterocycles. The Morgan fingerprint density at radius 3 is 2.22 bits per heavy atom. The third kappa shape index (κ3) is 7.45. The van der Waals surface area contributed by atoms with E-state index in [1.807, 2.05) is 6.92 Å². The van der Waals surface area contributed by atoms with Crippen LogP contribution in [0, 0.1) is 0 Å². The summed E-state index contributed by atoms with van der Waals surface area (Å²) in [5.74, 6) is 0.00663. The summed E-state index contributed by atoms with van der Waals surface area (Å²) in [7, 11) is 0. The summed E-state index contributed by atoms with van der Waals surface area (Å²) in [4.78, 5) is 11.8. The Labute approximate surface area is 141 Å². The van der Waals surface area contributed by atoms with Crippen molar-refractivity contribution in [2.24, 2.45) is 5.10 Å². The molecule has 0 atom stereocenters. The molecule has 0 spiro atoms. The van der Waals surface area contributed by atoms with Crippen molar-refractivity contribution in [3.8, 4) is 0 Å². The van der Waals surface area contributed by atoms with Gasteiger partial charge in [0.15, 0.2) is 0 Å². The van der Waals surface area contributed by atoms with E-state index < -0.39 is 0 Å². The van der Waals surface area contributed by atoms with E-state index in [2.05, 4.69) is 62.5 Å². The van der Waals surface area contributed by atoms with Crippen LogP contribution in [0.1, 0.15) is 84.3 Å². The minimum atomic E-state index is 0.00663. The Hall–Kier alpha value is -1.64. The number of unbranched alkanes of at least 4 members (excludes halogenated alkanes) is 4. The zero-order valence-corrected chi connectivity index (χ0v) is 15.4. The van der Waals surface area contributed by atoms with Gasteiger partial charge >= 0.3 is 0 Å². The topological polar surface area (TPSA) is 41.5 Å². The monoisotopic (exact) mass is 316 g/mol. The van der Waals surface area contributed by atoms with Crippen LogP contribution >= 0.6 is 0 Å². The van der Waals surface area contributed by atoms with E-state index in [1.165, 1.54) is 24.8 Å². The molecule has 0 aliphatic heterocycles. The molecule has 0 aliphatic rings. The summed E-state index contributed by atoms with van der Waals surface area (Å²) in [6.07, 6.45) is 6.32.